The Morgan fingerprint density at radius 1 is 1.47 bits per heavy atom. The molecule has 1 aromatic rings. The highest BCUT2D eigenvalue weighted by Gasteiger charge is 2.35. The highest BCUT2D eigenvalue weighted by atomic mass is 32.2. The van der Waals surface area contributed by atoms with Gasteiger partial charge in [0, 0.05) is 31.4 Å². The summed E-state index contributed by atoms with van der Waals surface area (Å²) in [5.74, 6) is -0.710. The maximum Gasteiger partial charge on any atom is 0.313 e. The molecular weight excluding hydrogens is 262 g/mol. The van der Waals surface area contributed by atoms with Gasteiger partial charge in [-0.25, -0.2) is 4.98 Å². The van der Waals surface area contributed by atoms with Crippen molar-refractivity contribution < 1.29 is 9.90 Å². The van der Waals surface area contributed by atoms with E-state index in [1.54, 1.807) is 0 Å². The summed E-state index contributed by atoms with van der Waals surface area (Å²) in [6.45, 7) is 4.21. The molecule has 104 valence electrons. The molecule has 3 rings (SSSR count). The van der Waals surface area contributed by atoms with E-state index in [1.807, 2.05) is 6.92 Å². The molecule has 1 saturated heterocycles. The minimum Gasteiger partial charge on any atom is -0.481 e. The zero-order chi connectivity index (χ0) is 13.4. The third-order valence-electron chi connectivity index (χ3n) is 3.79. The molecule has 1 aliphatic heterocycles. The fourth-order valence-corrected chi connectivity index (χ4v) is 3.57. The molecule has 1 atom stereocenters. The van der Waals surface area contributed by atoms with E-state index in [0.29, 0.717) is 6.04 Å². The maximum absolute atomic E-state index is 10.7. The number of nitrogens with zero attached hydrogens (tertiary/aromatic N) is 3. The number of thioether (sulfide) groups is 1. The standard InChI is InChI=1S/C13H19N3O2S/c1-9-6-16(13(14-9)19-8-12(17)18)11-4-5-15(7-11)10-2-3-10/h6,10-11H,2-5,7-8H2,1H3,(H,17,18). The van der Waals surface area contributed by atoms with Crippen LogP contribution in [0, 0.1) is 6.92 Å². The van der Waals surface area contributed by atoms with Crippen molar-refractivity contribution in [3.8, 4) is 0 Å². The summed E-state index contributed by atoms with van der Waals surface area (Å²) in [5, 5.41) is 9.64. The number of aromatic nitrogens is 2. The van der Waals surface area contributed by atoms with Crippen LogP contribution >= 0.6 is 11.8 Å². The molecule has 5 nitrogen and oxygen atoms in total. The van der Waals surface area contributed by atoms with E-state index in [1.165, 1.54) is 24.6 Å². The summed E-state index contributed by atoms with van der Waals surface area (Å²) < 4.78 is 2.19. The Morgan fingerprint density at radius 3 is 2.95 bits per heavy atom. The third-order valence-corrected chi connectivity index (χ3v) is 4.75. The van der Waals surface area contributed by atoms with Gasteiger partial charge in [0.1, 0.15) is 0 Å². The summed E-state index contributed by atoms with van der Waals surface area (Å²) in [7, 11) is 0. The zero-order valence-corrected chi connectivity index (χ0v) is 11.9. The van der Waals surface area contributed by atoms with Crippen LogP contribution in [-0.4, -0.2) is 50.4 Å². The van der Waals surface area contributed by atoms with E-state index in [0.717, 1.165) is 36.4 Å². The molecule has 0 radical (unpaired) electrons. The smallest absolute Gasteiger partial charge is 0.313 e. The first-order valence-electron chi connectivity index (χ1n) is 6.77. The van der Waals surface area contributed by atoms with Crippen molar-refractivity contribution >= 4 is 17.7 Å². The molecule has 1 saturated carbocycles. The molecule has 0 bridgehead atoms. The molecule has 1 aromatic heterocycles. The topological polar surface area (TPSA) is 58.4 Å². The minimum absolute atomic E-state index is 0.0789. The SMILES string of the molecule is Cc1cn(C2CCN(C3CC3)C2)c(SCC(=O)O)n1. The highest BCUT2D eigenvalue weighted by Crippen LogP contribution is 2.35. The summed E-state index contributed by atoms with van der Waals surface area (Å²) in [5.41, 5.74) is 0.970. The number of carboxylic acid groups (broad SMARTS) is 1. The van der Waals surface area contributed by atoms with Gasteiger partial charge in [0.05, 0.1) is 11.4 Å². The number of hydrogen-bond donors (Lipinski definition) is 1. The summed E-state index contributed by atoms with van der Waals surface area (Å²) in [4.78, 5) is 17.7. The first kappa shape index (κ1) is 13.0. The molecule has 1 N–H and O–H groups in total. The number of hydrogen-bond acceptors (Lipinski definition) is 4. The predicted octanol–water partition coefficient (Wildman–Crippen LogP) is 1.78. The number of likely N-dealkylation sites (tertiary alicyclic amines) is 1. The van der Waals surface area contributed by atoms with Gasteiger partial charge in [0.15, 0.2) is 5.16 Å². The summed E-state index contributed by atoms with van der Waals surface area (Å²) in [6, 6.07) is 1.27. The molecule has 0 aromatic carbocycles. The fraction of sp³-hybridized carbons (Fsp3) is 0.692. The predicted molar refractivity (Wildman–Crippen MR) is 73.6 cm³/mol. The Kier molecular flexibility index (Phi) is 3.54. The molecule has 6 heteroatoms. The van der Waals surface area contributed by atoms with Gasteiger partial charge in [-0.1, -0.05) is 11.8 Å². The van der Waals surface area contributed by atoms with Crippen molar-refractivity contribution in [1.29, 1.82) is 0 Å². The monoisotopic (exact) mass is 281 g/mol. The van der Waals surface area contributed by atoms with Crippen molar-refractivity contribution in [2.75, 3.05) is 18.8 Å². The first-order chi connectivity index (χ1) is 9.13. The van der Waals surface area contributed by atoms with E-state index in [-0.39, 0.29) is 5.75 Å². The van der Waals surface area contributed by atoms with E-state index in [4.69, 9.17) is 5.11 Å². The Morgan fingerprint density at radius 2 is 2.26 bits per heavy atom. The highest BCUT2D eigenvalue weighted by molar-refractivity contribution is 7.99. The van der Waals surface area contributed by atoms with Crippen LogP contribution in [0.1, 0.15) is 31.0 Å². The van der Waals surface area contributed by atoms with Crippen LogP contribution in [0.5, 0.6) is 0 Å². The number of aliphatic carboxylic acids is 1. The van der Waals surface area contributed by atoms with Crippen LogP contribution < -0.4 is 0 Å². The van der Waals surface area contributed by atoms with Gasteiger partial charge in [-0.2, -0.15) is 0 Å². The largest absolute Gasteiger partial charge is 0.481 e. The van der Waals surface area contributed by atoms with Gasteiger partial charge in [-0.05, 0) is 26.2 Å². The van der Waals surface area contributed by atoms with Gasteiger partial charge in [-0.3, -0.25) is 9.69 Å². The average molecular weight is 281 g/mol. The molecule has 0 amide bonds. The average Bonchev–Trinajstić information content (AvgIpc) is 2.97. The summed E-state index contributed by atoms with van der Waals surface area (Å²) in [6.07, 6.45) is 5.89. The Labute approximate surface area is 117 Å². The van der Waals surface area contributed by atoms with Crippen molar-refractivity contribution in [1.82, 2.24) is 14.5 Å². The number of rotatable bonds is 5. The Hall–Kier alpha value is -1.01. The van der Waals surface area contributed by atoms with Crippen molar-refractivity contribution in [2.45, 2.75) is 43.4 Å². The van der Waals surface area contributed by atoms with Crippen LogP contribution in [0.4, 0.5) is 0 Å². The van der Waals surface area contributed by atoms with E-state index >= 15 is 0 Å². The quantitative estimate of drug-likeness (QED) is 0.834. The second-order valence-electron chi connectivity index (χ2n) is 5.42. The lowest BCUT2D eigenvalue weighted by molar-refractivity contribution is -0.133. The van der Waals surface area contributed by atoms with E-state index < -0.39 is 5.97 Å². The Bertz CT molecular complexity index is 484. The van der Waals surface area contributed by atoms with Crippen LogP contribution in [0.15, 0.2) is 11.4 Å². The fourth-order valence-electron chi connectivity index (χ4n) is 2.76. The number of aryl methyl sites for hydroxylation is 1. The van der Waals surface area contributed by atoms with Gasteiger partial charge >= 0.3 is 5.97 Å². The van der Waals surface area contributed by atoms with Gasteiger partial charge < -0.3 is 9.67 Å². The Balaban J connectivity index is 1.70. The minimum atomic E-state index is -0.789. The van der Waals surface area contributed by atoms with Crippen molar-refractivity contribution in [3.05, 3.63) is 11.9 Å². The van der Waals surface area contributed by atoms with Crippen molar-refractivity contribution in [2.24, 2.45) is 0 Å². The van der Waals surface area contributed by atoms with Gasteiger partial charge in [0.2, 0.25) is 0 Å². The van der Waals surface area contributed by atoms with E-state index in [2.05, 4.69) is 20.6 Å². The lowest BCUT2D eigenvalue weighted by atomic mass is 10.2. The molecule has 19 heavy (non-hydrogen) atoms. The molecular formula is C13H19N3O2S. The number of imidazole rings is 1. The van der Waals surface area contributed by atoms with E-state index in [9.17, 15) is 4.79 Å². The molecule has 1 aliphatic carbocycles. The van der Waals surface area contributed by atoms with Gasteiger partial charge in [-0.15, -0.1) is 0 Å². The molecule has 2 heterocycles. The molecule has 2 fully saturated rings. The number of carboxylic acids is 1. The lowest BCUT2D eigenvalue weighted by Crippen LogP contribution is -2.23. The molecule has 2 aliphatic rings. The van der Waals surface area contributed by atoms with Gasteiger partial charge in [0.25, 0.3) is 0 Å². The number of carbonyl (C=O) groups is 1. The zero-order valence-electron chi connectivity index (χ0n) is 11.1. The van der Waals surface area contributed by atoms with Crippen LogP contribution in [0.3, 0.4) is 0 Å². The van der Waals surface area contributed by atoms with Crippen LogP contribution in [0.2, 0.25) is 0 Å². The normalized spacial score (nSPS) is 23.9. The van der Waals surface area contributed by atoms with Crippen LogP contribution in [0.25, 0.3) is 0 Å². The molecule has 1 unspecified atom stereocenters. The van der Waals surface area contributed by atoms with Crippen LogP contribution in [-0.2, 0) is 4.79 Å². The van der Waals surface area contributed by atoms with Crippen molar-refractivity contribution in [3.63, 3.8) is 0 Å². The lowest BCUT2D eigenvalue weighted by Gasteiger charge is -2.17. The maximum atomic E-state index is 10.7. The third kappa shape index (κ3) is 2.95. The molecule has 0 spiro atoms. The summed E-state index contributed by atoms with van der Waals surface area (Å²) >= 11 is 1.32. The second-order valence-corrected chi connectivity index (χ2v) is 6.37. The first-order valence-corrected chi connectivity index (χ1v) is 7.76. The second kappa shape index (κ2) is 5.17.